The second-order valence-corrected chi connectivity index (χ2v) is 11.9. The van der Waals surface area contributed by atoms with E-state index in [0.717, 1.165) is 0 Å². The van der Waals surface area contributed by atoms with Crippen molar-refractivity contribution in [3.63, 3.8) is 0 Å². The van der Waals surface area contributed by atoms with Crippen molar-refractivity contribution in [1.82, 2.24) is 0 Å². The number of carbonyl (C=O) groups is 1. The predicted molar refractivity (Wildman–Crippen MR) is 69.6 cm³/mol. The van der Waals surface area contributed by atoms with Crippen molar-refractivity contribution in [3.8, 4) is 0 Å². The summed E-state index contributed by atoms with van der Waals surface area (Å²) in [5, 5.41) is 18.6. The first-order chi connectivity index (χ1) is 7.41. The van der Waals surface area contributed by atoms with E-state index in [0.29, 0.717) is 0 Å². The molecule has 0 spiro atoms. The molecule has 0 bridgehead atoms. The minimum absolute atomic E-state index is 0.135. The van der Waals surface area contributed by atoms with E-state index >= 15 is 0 Å². The van der Waals surface area contributed by atoms with Crippen molar-refractivity contribution in [2.75, 3.05) is 0 Å². The lowest BCUT2D eigenvalue weighted by atomic mass is 10.2. The smallest absolute Gasteiger partial charge is 0.255 e. The number of rotatable bonds is 5. The number of hydrogen-bond acceptors (Lipinski definition) is 3. The molecule has 2 N–H and O–H groups in total. The lowest BCUT2D eigenvalue weighted by Crippen LogP contribution is -2.55. The van der Waals surface area contributed by atoms with Crippen LogP contribution in [-0.2, 0) is 4.79 Å². The van der Waals surface area contributed by atoms with Crippen molar-refractivity contribution in [2.24, 2.45) is 0 Å². The lowest BCUT2D eigenvalue weighted by Gasteiger charge is -2.42. The number of carbonyl (C=O) groups excluding carboxylic acids is 1. The molecule has 0 aromatic carbocycles. The normalized spacial score (nSPS) is 18.6. The molecule has 102 valence electrons. The zero-order chi connectivity index (χ0) is 14.0. The van der Waals surface area contributed by atoms with Crippen LogP contribution in [-0.4, -0.2) is 41.5 Å². The molecular weight excluding hydrogens is 263 g/mol. The molecule has 6 heteroatoms. The molecule has 0 saturated heterocycles. The molecule has 0 aromatic heterocycles. The zero-order valence-corrected chi connectivity index (χ0v) is 12.8. The van der Waals surface area contributed by atoms with E-state index in [1.165, 1.54) is 0 Å². The predicted octanol–water partition coefficient (Wildman–Crippen LogP) is 2.25. The lowest BCUT2D eigenvalue weighted by molar-refractivity contribution is -0.117. The van der Waals surface area contributed by atoms with Crippen LogP contribution < -0.4 is 0 Å². The van der Waals surface area contributed by atoms with E-state index in [1.54, 1.807) is 0 Å². The third-order valence-electron chi connectivity index (χ3n) is 3.73. The molecule has 0 fully saturated rings. The highest BCUT2D eigenvalue weighted by Gasteiger charge is 2.45. The van der Waals surface area contributed by atoms with Crippen LogP contribution in [0.4, 0.5) is 4.39 Å². The van der Waals surface area contributed by atoms with Crippen LogP contribution in [0.1, 0.15) is 27.2 Å². The van der Waals surface area contributed by atoms with Crippen LogP contribution in [0.15, 0.2) is 0 Å². The molecule has 0 aliphatic heterocycles. The van der Waals surface area contributed by atoms with Gasteiger partial charge < -0.3 is 10.2 Å². The second-order valence-electron chi connectivity index (χ2n) is 5.99. The Labute approximate surface area is 108 Å². The number of hydrogen-bond donors (Lipinski definition) is 2. The van der Waals surface area contributed by atoms with Crippen molar-refractivity contribution in [1.29, 1.82) is 0 Å². The number of aliphatic hydroxyl groups excluding tert-OH is 2. The summed E-state index contributed by atoms with van der Waals surface area (Å²) in [7, 11) is -2.19. The van der Waals surface area contributed by atoms with Crippen molar-refractivity contribution in [3.05, 3.63) is 0 Å². The highest BCUT2D eigenvalue weighted by atomic mass is 35.5. The van der Waals surface area contributed by atoms with Crippen LogP contribution in [0.25, 0.3) is 0 Å². The fourth-order valence-corrected chi connectivity index (χ4v) is 3.43. The fraction of sp³-hybridized carbons (Fsp3) is 0.909. The van der Waals surface area contributed by atoms with Crippen molar-refractivity contribution in [2.45, 2.75) is 63.3 Å². The topological polar surface area (TPSA) is 57.5 Å². The first kappa shape index (κ1) is 17.0. The Balaban J connectivity index is 4.71. The van der Waals surface area contributed by atoms with Gasteiger partial charge in [0.15, 0.2) is 6.17 Å². The molecule has 0 rings (SSSR count). The van der Waals surface area contributed by atoms with E-state index in [4.69, 9.17) is 11.6 Å². The van der Waals surface area contributed by atoms with Gasteiger partial charge in [-0.2, -0.15) is 0 Å². The molecule has 0 aliphatic carbocycles. The maximum Gasteiger partial charge on any atom is 0.255 e. The summed E-state index contributed by atoms with van der Waals surface area (Å²) < 4.78 is 13.1. The van der Waals surface area contributed by atoms with Gasteiger partial charge in [0.1, 0.15) is 0 Å². The minimum atomic E-state index is -2.19. The maximum atomic E-state index is 13.1. The molecule has 0 radical (unpaired) electrons. The van der Waals surface area contributed by atoms with E-state index < -0.39 is 37.7 Å². The average molecular weight is 285 g/mol. The van der Waals surface area contributed by atoms with Gasteiger partial charge in [-0.1, -0.05) is 33.9 Å². The van der Waals surface area contributed by atoms with Crippen LogP contribution in [0, 0.1) is 0 Å². The summed E-state index contributed by atoms with van der Waals surface area (Å²) in [5.74, 6) is 0. The summed E-state index contributed by atoms with van der Waals surface area (Å²) >= 11 is 4.99. The molecule has 17 heavy (non-hydrogen) atoms. The summed E-state index contributed by atoms with van der Waals surface area (Å²) in [4.78, 5) is 10.6. The summed E-state index contributed by atoms with van der Waals surface area (Å²) in [6, 6.07) is 0. The Morgan fingerprint density at radius 2 is 1.76 bits per heavy atom. The first-order valence-electron chi connectivity index (χ1n) is 5.60. The second kappa shape index (κ2) is 5.78. The van der Waals surface area contributed by atoms with E-state index in [1.807, 2.05) is 33.9 Å². The fourth-order valence-electron chi connectivity index (χ4n) is 1.36. The number of alkyl halides is 1. The summed E-state index contributed by atoms with van der Waals surface area (Å²) in [5.41, 5.74) is -0.989. The molecule has 3 nitrogen and oxygen atoms in total. The Bertz CT molecular complexity index is 278. The van der Waals surface area contributed by atoms with Gasteiger partial charge >= 0.3 is 0 Å². The van der Waals surface area contributed by atoms with Gasteiger partial charge in [0.25, 0.3) is 5.24 Å². The van der Waals surface area contributed by atoms with E-state index in [2.05, 4.69) is 0 Å². The van der Waals surface area contributed by atoms with Gasteiger partial charge in [0.05, 0.1) is 19.9 Å². The van der Waals surface area contributed by atoms with E-state index in [-0.39, 0.29) is 5.04 Å². The monoisotopic (exact) mass is 284 g/mol. The summed E-state index contributed by atoms with van der Waals surface area (Å²) in [6.45, 7) is 9.80. The average Bonchev–Trinajstić information content (AvgIpc) is 2.14. The van der Waals surface area contributed by atoms with Crippen LogP contribution in [0.5, 0.6) is 0 Å². The molecular formula is C11H22ClFO3Si. The number of aliphatic hydroxyl groups is 2. The Morgan fingerprint density at radius 1 is 1.35 bits per heavy atom. The molecule has 0 heterocycles. The van der Waals surface area contributed by atoms with Crippen molar-refractivity contribution < 1.29 is 19.4 Å². The van der Waals surface area contributed by atoms with Crippen LogP contribution >= 0.6 is 11.6 Å². The molecule has 3 atom stereocenters. The van der Waals surface area contributed by atoms with Gasteiger partial charge in [0, 0.05) is 6.42 Å². The quantitative estimate of drug-likeness (QED) is 0.601. The number of halogens is 2. The SMILES string of the molecule is CC(C)(C)[Si](C)(C)C(O)[C@@H](O)C[C@@H](F)C(=O)Cl. The highest BCUT2D eigenvalue weighted by molar-refractivity contribution is 6.81. The standard InChI is InChI=1S/C11H22ClFO3Si/c1-11(2,3)17(4,5)10(16)8(14)6-7(13)9(12)15/h7-8,10,14,16H,6H2,1-5H3/t7-,8+,10?/m1/s1. The van der Waals surface area contributed by atoms with E-state index in [9.17, 15) is 19.4 Å². The third-order valence-corrected chi connectivity index (χ3v) is 9.70. The minimum Gasteiger partial charge on any atom is -0.394 e. The molecule has 1 unspecified atom stereocenters. The van der Waals surface area contributed by atoms with Gasteiger partial charge in [0.2, 0.25) is 0 Å². The molecule has 0 aromatic rings. The largest absolute Gasteiger partial charge is 0.394 e. The highest BCUT2D eigenvalue weighted by Crippen LogP contribution is 2.39. The molecule has 0 amide bonds. The Morgan fingerprint density at radius 3 is 2.06 bits per heavy atom. The Kier molecular flexibility index (Phi) is 5.79. The van der Waals surface area contributed by atoms with Crippen LogP contribution in [0.2, 0.25) is 18.1 Å². The third kappa shape index (κ3) is 4.32. The zero-order valence-electron chi connectivity index (χ0n) is 11.0. The van der Waals surface area contributed by atoms with Gasteiger partial charge in [-0.25, -0.2) is 4.39 Å². The maximum absolute atomic E-state index is 13.1. The van der Waals surface area contributed by atoms with Gasteiger partial charge in [-0.3, -0.25) is 4.79 Å². The van der Waals surface area contributed by atoms with Crippen molar-refractivity contribution >= 4 is 24.9 Å². The summed E-state index contributed by atoms with van der Waals surface area (Å²) in [6.07, 6.45) is -3.63. The van der Waals surface area contributed by atoms with Crippen LogP contribution in [0.3, 0.4) is 0 Å². The first-order valence-corrected chi connectivity index (χ1v) is 9.06. The van der Waals surface area contributed by atoms with Gasteiger partial charge in [-0.15, -0.1) is 0 Å². The Hall–Kier alpha value is 0.0269. The molecule has 0 aliphatic rings. The molecule has 0 saturated carbocycles. The van der Waals surface area contributed by atoms with Gasteiger partial charge in [-0.05, 0) is 16.6 Å².